The van der Waals surface area contributed by atoms with Crippen LogP contribution in [0.25, 0.3) is 32.9 Å². The average molecular weight is 749 g/mol. The van der Waals surface area contributed by atoms with Crippen molar-refractivity contribution in [1.82, 2.24) is 24.8 Å². The molecule has 8 rings (SSSR count). The highest BCUT2D eigenvalue weighted by atomic mass is 19.1. The van der Waals surface area contributed by atoms with Gasteiger partial charge in [0.2, 0.25) is 0 Å². The molecular formula is C40H43F3N6O5. The fourth-order valence-corrected chi connectivity index (χ4v) is 8.19. The molecule has 4 aromatic rings. The second-order valence-corrected chi connectivity index (χ2v) is 15.2. The van der Waals surface area contributed by atoms with Crippen LogP contribution < -0.4 is 14.4 Å². The molecule has 4 atom stereocenters. The second-order valence-electron chi connectivity index (χ2n) is 15.2. The van der Waals surface area contributed by atoms with Crippen LogP contribution in [0.1, 0.15) is 63.9 Å². The molecule has 2 aromatic heterocycles. The van der Waals surface area contributed by atoms with Gasteiger partial charge < -0.3 is 23.8 Å². The summed E-state index contributed by atoms with van der Waals surface area (Å²) in [5.74, 6) is 1.07. The lowest BCUT2D eigenvalue weighted by Crippen LogP contribution is -2.57. The van der Waals surface area contributed by atoms with E-state index in [1.54, 1.807) is 31.7 Å². The summed E-state index contributed by atoms with van der Waals surface area (Å²) < 4.78 is 105. The van der Waals surface area contributed by atoms with Gasteiger partial charge in [0, 0.05) is 53.1 Å². The third kappa shape index (κ3) is 6.41. The van der Waals surface area contributed by atoms with E-state index in [4.69, 9.17) is 28.1 Å². The van der Waals surface area contributed by atoms with Crippen LogP contribution in [0.3, 0.4) is 0 Å². The lowest BCUT2D eigenvalue weighted by Gasteiger charge is -2.42. The molecule has 4 fully saturated rings. The molecule has 1 amide bonds. The van der Waals surface area contributed by atoms with Crippen molar-refractivity contribution in [3.63, 3.8) is 0 Å². The van der Waals surface area contributed by atoms with Crippen molar-refractivity contribution in [3.05, 3.63) is 47.7 Å². The number of ether oxygens (including phenoxy) is 4. The molecule has 4 saturated heterocycles. The molecule has 6 heterocycles. The van der Waals surface area contributed by atoms with Crippen LogP contribution in [0.2, 0.25) is 0 Å². The number of amides is 1. The molecule has 4 aliphatic heterocycles. The smallest absolute Gasteiger partial charge is 0.410 e. The summed E-state index contributed by atoms with van der Waals surface area (Å²) in [7, 11) is 1.43. The molecule has 0 N–H and O–H groups in total. The van der Waals surface area contributed by atoms with Crippen LogP contribution in [0.15, 0.2) is 30.5 Å². The molecule has 4 aliphatic rings. The Bertz CT molecular complexity index is 2350. The van der Waals surface area contributed by atoms with E-state index in [0.29, 0.717) is 18.2 Å². The Morgan fingerprint density at radius 1 is 1.15 bits per heavy atom. The number of nitrogens with zero attached hydrogens (tertiary/aromatic N) is 6. The maximum atomic E-state index is 17.4. The number of benzene rings is 2. The van der Waals surface area contributed by atoms with Crippen molar-refractivity contribution in [2.45, 2.75) is 82.3 Å². The molecular weight excluding hydrogens is 701 g/mol. The Labute approximate surface area is 317 Å². The Hall–Kier alpha value is -4.87. The van der Waals surface area contributed by atoms with Crippen LogP contribution in [-0.2, 0) is 9.47 Å². The number of alkyl halides is 1. The monoisotopic (exact) mass is 748 g/mol. The Morgan fingerprint density at radius 3 is 2.65 bits per heavy atom. The van der Waals surface area contributed by atoms with Gasteiger partial charge in [0.05, 0.1) is 31.3 Å². The summed E-state index contributed by atoms with van der Waals surface area (Å²) >= 11 is 0. The number of hydrogen-bond donors (Lipinski definition) is 0. The van der Waals surface area contributed by atoms with E-state index in [1.807, 2.05) is 4.90 Å². The van der Waals surface area contributed by atoms with Gasteiger partial charge in [-0.05, 0) is 76.5 Å². The molecule has 0 radical (unpaired) electrons. The van der Waals surface area contributed by atoms with Crippen LogP contribution >= 0.6 is 0 Å². The summed E-state index contributed by atoms with van der Waals surface area (Å²) in [5, 5.41) is 0.758. The number of hydrogen-bond acceptors (Lipinski definition) is 10. The van der Waals surface area contributed by atoms with Crippen molar-refractivity contribution in [1.29, 1.82) is 0 Å². The molecule has 2 bridgehead atoms. The quantitative estimate of drug-likeness (QED) is 0.144. The second kappa shape index (κ2) is 13.8. The summed E-state index contributed by atoms with van der Waals surface area (Å²) in [5.41, 5.74) is -3.06. The first-order valence-corrected chi connectivity index (χ1v) is 17.9. The Balaban J connectivity index is 1.28. The predicted octanol–water partition coefficient (Wildman–Crippen LogP) is 6.63. The number of anilines is 1. The number of rotatable bonds is 8. The highest BCUT2D eigenvalue weighted by molar-refractivity contribution is 6.03. The highest BCUT2D eigenvalue weighted by Crippen LogP contribution is 2.43. The van der Waals surface area contributed by atoms with Crippen molar-refractivity contribution in [3.8, 4) is 35.4 Å². The molecule has 0 aliphatic carbocycles. The van der Waals surface area contributed by atoms with E-state index in [-0.39, 0.29) is 102 Å². The van der Waals surface area contributed by atoms with E-state index < -0.39 is 54.1 Å². The molecule has 11 nitrogen and oxygen atoms in total. The number of terminal acetylenes is 1. The number of halogens is 3. The van der Waals surface area contributed by atoms with Crippen molar-refractivity contribution >= 4 is 33.6 Å². The number of piperazine rings is 1. The van der Waals surface area contributed by atoms with Gasteiger partial charge in [-0.15, -0.1) is 6.42 Å². The zero-order chi connectivity index (χ0) is 41.5. The minimum absolute atomic E-state index is 0.0467. The van der Waals surface area contributed by atoms with Crippen LogP contribution in [0.4, 0.5) is 23.8 Å². The lowest BCUT2D eigenvalue weighted by molar-refractivity contribution is 0.0122. The van der Waals surface area contributed by atoms with Gasteiger partial charge in [0.25, 0.3) is 0 Å². The summed E-state index contributed by atoms with van der Waals surface area (Å²) in [4.78, 5) is 31.7. The van der Waals surface area contributed by atoms with E-state index in [0.717, 1.165) is 0 Å². The van der Waals surface area contributed by atoms with Gasteiger partial charge in [-0.1, -0.05) is 12.0 Å². The highest BCUT2D eigenvalue weighted by Gasteiger charge is 2.50. The summed E-state index contributed by atoms with van der Waals surface area (Å²) in [6.45, 7) is 0.682. The van der Waals surface area contributed by atoms with E-state index in [9.17, 15) is 7.54 Å². The Kier molecular flexibility index (Phi) is 8.02. The SMILES string of the molecule is [2H]C1([2H])CC[C@@]2(C([2H])([2H])Oc3nc(N4C[C@H]5CC[C@@H](C4)N5C(=O)OC(C)(C)C)c4cnc(-c5cc(OCOC)cc6ccc(F)c(C#C)c56)c(F)c4n3)C[C@@H](F)CN12. The first kappa shape index (κ1) is 31.5. The minimum atomic E-state index is -2.74. The van der Waals surface area contributed by atoms with E-state index in [1.165, 1.54) is 36.4 Å². The summed E-state index contributed by atoms with van der Waals surface area (Å²) in [6, 6.07) is 4.58. The fourth-order valence-electron chi connectivity index (χ4n) is 8.19. The van der Waals surface area contributed by atoms with Crippen molar-refractivity contribution in [2.24, 2.45) is 0 Å². The molecule has 2 aromatic carbocycles. The largest absolute Gasteiger partial charge is 0.468 e. The predicted molar refractivity (Wildman–Crippen MR) is 196 cm³/mol. The summed E-state index contributed by atoms with van der Waals surface area (Å²) in [6.07, 6.45) is 6.08. The first-order valence-electron chi connectivity index (χ1n) is 19.9. The lowest BCUT2D eigenvalue weighted by atomic mass is 9.95. The van der Waals surface area contributed by atoms with E-state index >= 15 is 13.2 Å². The molecule has 0 unspecified atom stereocenters. The average Bonchev–Trinajstić information content (AvgIpc) is 3.75. The molecule has 0 saturated carbocycles. The Morgan fingerprint density at radius 2 is 1.93 bits per heavy atom. The number of pyridine rings is 1. The molecule has 54 heavy (non-hydrogen) atoms. The molecule has 0 spiro atoms. The van der Waals surface area contributed by atoms with Crippen molar-refractivity contribution in [2.75, 3.05) is 51.5 Å². The number of methoxy groups -OCH3 is 1. The molecule has 14 heteroatoms. The number of aromatic nitrogens is 3. The third-order valence-corrected chi connectivity index (χ3v) is 10.4. The van der Waals surface area contributed by atoms with Crippen LogP contribution in [0.5, 0.6) is 11.8 Å². The maximum absolute atomic E-state index is 17.4. The van der Waals surface area contributed by atoms with Gasteiger partial charge in [-0.3, -0.25) is 14.8 Å². The van der Waals surface area contributed by atoms with Crippen LogP contribution in [0, 0.1) is 24.0 Å². The van der Waals surface area contributed by atoms with Gasteiger partial charge in [0.1, 0.15) is 46.9 Å². The maximum Gasteiger partial charge on any atom is 0.410 e. The zero-order valence-corrected chi connectivity index (χ0v) is 30.4. The third-order valence-electron chi connectivity index (χ3n) is 10.4. The van der Waals surface area contributed by atoms with Crippen LogP contribution in [-0.4, -0.2) is 107 Å². The van der Waals surface area contributed by atoms with E-state index in [2.05, 4.69) is 20.9 Å². The first-order chi connectivity index (χ1) is 27.4. The number of fused-ring (bicyclic) bond motifs is 5. The normalized spacial score (nSPS) is 26.2. The van der Waals surface area contributed by atoms with Gasteiger partial charge in [-0.25, -0.2) is 18.0 Å². The van der Waals surface area contributed by atoms with Crippen molar-refractivity contribution < 1.29 is 42.4 Å². The van der Waals surface area contributed by atoms with Gasteiger partial charge in [0.15, 0.2) is 12.6 Å². The zero-order valence-electron chi connectivity index (χ0n) is 34.4. The van der Waals surface area contributed by atoms with Gasteiger partial charge >= 0.3 is 12.1 Å². The fraction of sp³-hybridized carbons (Fsp3) is 0.500. The standard InChI is InChI=1S/C40H43F3N6O5/c1-6-28-31(42)11-8-23-14-27(53-22-51-5)15-29(32(23)28)34-33(43)35-30(17-44-34)36(46-37(45-35)52-21-40-12-7-13-48(40)18-24(41)16-40)47-19-25-9-10-26(20-47)49(25)38(50)54-39(2,3)4/h1,8,11,14-15,17,24-26H,7,9-10,12-13,16,18-22H2,2-5H3/t24-,25-,26+,40+/m1/s1/i13D2,21D2. The van der Waals surface area contributed by atoms with Gasteiger partial charge in [-0.2, -0.15) is 9.97 Å². The minimum Gasteiger partial charge on any atom is -0.468 e. The number of carbonyl (C=O) groups excluding carboxylic acids is 1. The molecule has 284 valence electrons. The topological polar surface area (TPSA) is 102 Å². The number of carbonyl (C=O) groups is 1.